The van der Waals surface area contributed by atoms with Crippen LogP contribution < -0.4 is 0 Å². The van der Waals surface area contributed by atoms with E-state index in [-0.39, 0.29) is 15.6 Å². The maximum Gasteiger partial charge on any atom is 0.418 e. The molecule has 2 aromatic carbocycles. The number of benzene rings is 2. The first-order valence-electron chi connectivity index (χ1n) is 5.82. The molecular weight excluding hydrogens is 444 g/mol. The van der Waals surface area contributed by atoms with Crippen molar-refractivity contribution in [2.75, 3.05) is 0 Å². The molecule has 0 aliphatic carbocycles. The van der Waals surface area contributed by atoms with Crippen molar-refractivity contribution in [3.05, 3.63) is 67.9 Å². The molecular formula is C15H6Br2F4N2. The summed E-state index contributed by atoms with van der Waals surface area (Å²) in [5.41, 5.74) is -1.23. The largest absolute Gasteiger partial charge is 0.418 e. The van der Waals surface area contributed by atoms with Gasteiger partial charge in [0.15, 0.2) is 0 Å². The third kappa shape index (κ3) is 5.05. The molecule has 23 heavy (non-hydrogen) atoms. The Morgan fingerprint density at radius 3 is 1.83 bits per heavy atom. The maximum absolute atomic E-state index is 12.6. The van der Waals surface area contributed by atoms with Crippen molar-refractivity contribution in [1.29, 1.82) is 10.5 Å². The van der Waals surface area contributed by atoms with Crippen LogP contribution >= 0.6 is 31.9 Å². The first-order chi connectivity index (χ1) is 10.7. The minimum absolute atomic E-state index is 0.0579. The SMILES string of the molecule is N#Cc1c(F)cccc1Br.N#Cc1cccc(Br)c1C(F)(F)F. The predicted molar refractivity (Wildman–Crippen MR) is 82.7 cm³/mol. The summed E-state index contributed by atoms with van der Waals surface area (Å²) in [6.07, 6.45) is -4.49. The lowest BCUT2D eigenvalue weighted by Gasteiger charge is -2.09. The van der Waals surface area contributed by atoms with E-state index in [1.807, 2.05) is 0 Å². The quantitative estimate of drug-likeness (QED) is 0.477. The van der Waals surface area contributed by atoms with Crippen molar-refractivity contribution in [3.8, 4) is 12.1 Å². The van der Waals surface area contributed by atoms with Crippen molar-refractivity contribution in [3.63, 3.8) is 0 Å². The second-order valence-corrected chi connectivity index (χ2v) is 5.69. The normalized spacial score (nSPS) is 10.1. The molecule has 0 bridgehead atoms. The van der Waals surface area contributed by atoms with Crippen molar-refractivity contribution in [1.82, 2.24) is 0 Å². The zero-order valence-electron chi connectivity index (χ0n) is 11.1. The Morgan fingerprint density at radius 2 is 1.43 bits per heavy atom. The summed E-state index contributed by atoms with van der Waals surface area (Å²) in [5.74, 6) is -0.489. The molecule has 118 valence electrons. The lowest BCUT2D eigenvalue weighted by atomic mass is 10.1. The van der Waals surface area contributed by atoms with Crippen LogP contribution in [0.5, 0.6) is 0 Å². The molecule has 8 heteroatoms. The summed E-state index contributed by atoms with van der Waals surface area (Å²) < 4.78 is 49.9. The van der Waals surface area contributed by atoms with Crippen molar-refractivity contribution in [2.24, 2.45) is 0 Å². The molecule has 0 saturated carbocycles. The Bertz CT molecular complexity index is 769. The van der Waals surface area contributed by atoms with Crippen LogP contribution in [0, 0.1) is 28.5 Å². The highest BCUT2D eigenvalue weighted by atomic mass is 79.9. The minimum Gasteiger partial charge on any atom is -0.206 e. The molecule has 2 aromatic rings. The van der Waals surface area contributed by atoms with Gasteiger partial charge in [0.25, 0.3) is 0 Å². The van der Waals surface area contributed by atoms with Gasteiger partial charge in [-0.05, 0) is 40.2 Å². The number of hydrogen-bond acceptors (Lipinski definition) is 2. The second kappa shape index (κ2) is 8.09. The van der Waals surface area contributed by atoms with Gasteiger partial charge in [-0.15, -0.1) is 0 Å². The Balaban J connectivity index is 0.000000238. The maximum atomic E-state index is 12.6. The number of hydrogen-bond donors (Lipinski definition) is 0. The first-order valence-corrected chi connectivity index (χ1v) is 7.41. The molecule has 0 unspecified atom stereocenters. The zero-order valence-corrected chi connectivity index (χ0v) is 14.3. The predicted octanol–water partition coefficient (Wildman–Crippen LogP) is 5.80. The average molecular weight is 450 g/mol. The summed E-state index contributed by atoms with van der Waals surface area (Å²) in [6, 6.07) is 11.4. The lowest BCUT2D eigenvalue weighted by molar-refractivity contribution is -0.138. The Kier molecular flexibility index (Phi) is 6.74. The molecule has 0 spiro atoms. The van der Waals surface area contributed by atoms with Crippen LogP contribution in [0.25, 0.3) is 0 Å². The van der Waals surface area contributed by atoms with E-state index >= 15 is 0 Å². The number of rotatable bonds is 0. The van der Waals surface area contributed by atoms with Gasteiger partial charge >= 0.3 is 6.18 Å². The van der Waals surface area contributed by atoms with Gasteiger partial charge in [0.05, 0.1) is 17.2 Å². The van der Waals surface area contributed by atoms with E-state index < -0.39 is 17.6 Å². The summed E-state index contributed by atoms with van der Waals surface area (Å²) in [7, 11) is 0. The second-order valence-electron chi connectivity index (χ2n) is 3.98. The van der Waals surface area contributed by atoms with Crippen LogP contribution in [0.3, 0.4) is 0 Å². The standard InChI is InChI=1S/C8H3BrF3N.C7H3BrFN/c9-6-3-1-2-5(4-13)7(6)8(10,11)12;8-6-2-1-3-7(9)5(6)4-10/h1-3H;1-3H. The lowest BCUT2D eigenvalue weighted by Crippen LogP contribution is -2.08. The number of nitrogens with zero attached hydrogens (tertiary/aromatic N) is 2. The Hall–Kier alpha value is -1.90. The fourth-order valence-electron chi connectivity index (χ4n) is 1.51. The van der Waals surface area contributed by atoms with E-state index in [0.717, 1.165) is 6.07 Å². The molecule has 0 heterocycles. The molecule has 0 N–H and O–H groups in total. The Labute approximate surface area is 146 Å². The molecule has 0 atom stereocenters. The number of nitriles is 2. The van der Waals surface area contributed by atoms with Gasteiger partial charge < -0.3 is 0 Å². The van der Waals surface area contributed by atoms with Gasteiger partial charge in [0, 0.05) is 8.95 Å². The Morgan fingerprint density at radius 1 is 0.870 bits per heavy atom. The van der Waals surface area contributed by atoms with Gasteiger partial charge in [-0.25, -0.2) is 4.39 Å². The van der Waals surface area contributed by atoms with Crippen LogP contribution in [-0.4, -0.2) is 0 Å². The zero-order chi connectivity index (χ0) is 17.6. The van der Waals surface area contributed by atoms with Crippen molar-refractivity contribution < 1.29 is 17.6 Å². The molecule has 0 aliphatic heterocycles. The van der Waals surface area contributed by atoms with Gasteiger partial charge in [0.2, 0.25) is 0 Å². The highest BCUT2D eigenvalue weighted by molar-refractivity contribution is 9.10. The molecule has 0 radical (unpaired) electrons. The van der Waals surface area contributed by atoms with E-state index in [9.17, 15) is 17.6 Å². The highest BCUT2D eigenvalue weighted by Crippen LogP contribution is 2.36. The van der Waals surface area contributed by atoms with E-state index in [1.54, 1.807) is 18.2 Å². The fourth-order valence-corrected chi connectivity index (χ4v) is 2.53. The fraction of sp³-hybridized carbons (Fsp3) is 0.0667. The molecule has 2 rings (SSSR count). The number of halogens is 6. The topological polar surface area (TPSA) is 47.6 Å². The minimum atomic E-state index is -4.49. The molecule has 2 nitrogen and oxygen atoms in total. The van der Waals surface area contributed by atoms with Crippen LogP contribution in [0.4, 0.5) is 17.6 Å². The summed E-state index contributed by atoms with van der Waals surface area (Å²) in [6.45, 7) is 0. The van der Waals surface area contributed by atoms with Crippen LogP contribution in [0.1, 0.15) is 16.7 Å². The van der Waals surface area contributed by atoms with Crippen molar-refractivity contribution >= 4 is 31.9 Å². The average Bonchev–Trinajstić information content (AvgIpc) is 2.46. The molecule has 0 aliphatic rings. The number of alkyl halides is 3. The molecule has 0 aromatic heterocycles. The third-order valence-electron chi connectivity index (χ3n) is 2.49. The van der Waals surface area contributed by atoms with Crippen LogP contribution in [-0.2, 0) is 6.18 Å². The summed E-state index contributed by atoms with van der Waals surface area (Å²) in [4.78, 5) is 0. The van der Waals surface area contributed by atoms with Gasteiger partial charge in [-0.2, -0.15) is 23.7 Å². The highest BCUT2D eigenvalue weighted by Gasteiger charge is 2.35. The van der Waals surface area contributed by atoms with Crippen LogP contribution in [0.2, 0.25) is 0 Å². The van der Waals surface area contributed by atoms with Gasteiger partial charge in [0.1, 0.15) is 17.4 Å². The van der Waals surface area contributed by atoms with E-state index in [0.29, 0.717) is 4.47 Å². The van der Waals surface area contributed by atoms with E-state index in [2.05, 4.69) is 31.9 Å². The summed E-state index contributed by atoms with van der Waals surface area (Å²) in [5, 5.41) is 16.8. The third-order valence-corrected chi connectivity index (χ3v) is 3.81. The monoisotopic (exact) mass is 448 g/mol. The van der Waals surface area contributed by atoms with Crippen LogP contribution in [0.15, 0.2) is 45.3 Å². The van der Waals surface area contributed by atoms with E-state index in [4.69, 9.17) is 10.5 Å². The molecule has 0 saturated heterocycles. The van der Waals surface area contributed by atoms with Gasteiger partial charge in [-0.3, -0.25) is 0 Å². The molecule has 0 fully saturated rings. The van der Waals surface area contributed by atoms with Gasteiger partial charge in [-0.1, -0.05) is 28.1 Å². The first kappa shape index (κ1) is 19.1. The van der Waals surface area contributed by atoms with Crippen molar-refractivity contribution in [2.45, 2.75) is 6.18 Å². The van der Waals surface area contributed by atoms with E-state index in [1.165, 1.54) is 24.3 Å². The smallest absolute Gasteiger partial charge is 0.206 e. The summed E-state index contributed by atoms with van der Waals surface area (Å²) >= 11 is 5.80. The molecule has 0 amide bonds.